The number of hydrogen-bond donors (Lipinski definition) is 0. The molecule has 1 aromatic rings. The molecule has 19 heavy (non-hydrogen) atoms. The summed E-state index contributed by atoms with van der Waals surface area (Å²) in [5.74, 6) is -0.498. The highest BCUT2D eigenvalue weighted by Gasteiger charge is 2.47. The second-order valence-corrected chi connectivity index (χ2v) is 5.62. The van der Waals surface area contributed by atoms with Crippen LogP contribution in [0.15, 0.2) is 48.6 Å². The molecule has 2 aliphatic rings. The maximum atomic E-state index is 5.82. The summed E-state index contributed by atoms with van der Waals surface area (Å²) in [5, 5.41) is 0. The summed E-state index contributed by atoms with van der Waals surface area (Å²) < 4.78 is 11.6. The van der Waals surface area contributed by atoms with Crippen LogP contribution in [0.4, 0.5) is 0 Å². The van der Waals surface area contributed by atoms with E-state index in [1.165, 1.54) is 11.1 Å². The van der Waals surface area contributed by atoms with Gasteiger partial charge in [0.25, 0.3) is 0 Å². The van der Waals surface area contributed by atoms with Crippen LogP contribution in [0.5, 0.6) is 0 Å². The average Bonchev–Trinajstić information content (AvgIpc) is 2.89. The molecule has 1 aliphatic carbocycles. The third-order valence-corrected chi connectivity index (χ3v) is 4.36. The Morgan fingerprint density at radius 2 is 1.68 bits per heavy atom. The number of hydrogen-bond acceptors (Lipinski definition) is 2. The quantitative estimate of drug-likeness (QED) is 0.801. The van der Waals surface area contributed by atoms with E-state index in [0.717, 1.165) is 6.42 Å². The third-order valence-electron chi connectivity index (χ3n) is 4.36. The van der Waals surface area contributed by atoms with Gasteiger partial charge < -0.3 is 9.47 Å². The Balaban J connectivity index is 1.83. The van der Waals surface area contributed by atoms with Crippen LogP contribution in [0.2, 0.25) is 0 Å². The van der Waals surface area contributed by atoms with Crippen molar-refractivity contribution in [1.82, 2.24) is 0 Å². The SMILES string of the molecule is CC1(C2(C)OCCO2)C=CC(c2ccccc2)=CC1. The zero-order valence-electron chi connectivity index (χ0n) is 11.6. The molecule has 0 bridgehead atoms. The van der Waals surface area contributed by atoms with Crippen molar-refractivity contribution in [2.24, 2.45) is 5.41 Å². The third kappa shape index (κ3) is 2.15. The fourth-order valence-corrected chi connectivity index (χ4v) is 2.76. The lowest BCUT2D eigenvalue weighted by molar-refractivity contribution is -0.203. The molecule has 0 N–H and O–H groups in total. The van der Waals surface area contributed by atoms with Crippen LogP contribution >= 0.6 is 0 Å². The van der Waals surface area contributed by atoms with Crippen LogP contribution in [0, 0.1) is 5.41 Å². The molecular weight excluding hydrogens is 236 g/mol. The summed E-state index contributed by atoms with van der Waals surface area (Å²) in [5.41, 5.74) is 2.45. The van der Waals surface area contributed by atoms with Crippen molar-refractivity contribution >= 4 is 5.57 Å². The maximum Gasteiger partial charge on any atom is 0.174 e. The lowest BCUT2D eigenvalue weighted by Gasteiger charge is -2.41. The van der Waals surface area contributed by atoms with E-state index in [0.29, 0.717) is 13.2 Å². The maximum absolute atomic E-state index is 5.82. The lowest BCUT2D eigenvalue weighted by atomic mass is 9.74. The van der Waals surface area contributed by atoms with Gasteiger partial charge in [-0.1, -0.05) is 55.5 Å². The van der Waals surface area contributed by atoms with Crippen molar-refractivity contribution in [2.75, 3.05) is 13.2 Å². The molecule has 0 saturated carbocycles. The van der Waals surface area contributed by atoms with Crippen LogP contribution < -0.4 is 0 Å². The fourth-order valence-electron chi connectivity index (χ4n) is 2.76. The minimum Gasteiger partial charge on any atom is -0.347 e. The zero-order chi connectivity index (χ0) is 13.3. The minimum absolute atomic E-state index is 0.0955. The Bertz CT molecular complexity index is 509. The van der Waals surface area contributed by atoms with Gasteiger partial charge in [-0.05, 0) is 24.5 Å². The largest absolute Gasteiger partial charge is 0.347 e. The van der Waals surface area contributed by atoms with E-state index in [-0.39, 0.29) is 5.41 Å². The number of ether oxygens (including phenoxy) is 2. The molecule has 3 rings (SSSR count). The Morgan fingerprint density at radius 3 is 2.26 bits per heavy atom. The number of rotatable bonds is 2. The molecular formula is C17H20O2. The smallest absolute Gasteiger partial charge is 0.174 e. The number of benzene rings is 1. The van der Waals surface area contributed by atoms with Gasteiger partial charge in [0.1, 0.15) is 0 Å². The van der Waals surface area contributed by atoms with E-state index >= 15 is 0 Å². The van der Waals surface area contributed by atoms with E-state index in [1.54, 1.807) is 0 Å². The van der Waals surface area contributed by atoms with Gasteiger partial charge in [-0.15, -0.1) is 0 Å². The molecule has 100 valence electrons. The number of allylic oxidation sites excluding steroid dienone is 3. The zero-order valence-corrected chi connectivity index (χ0v) is 11.6. The fraction of sp³-hybridized carbons (Fsp3) is 0.412. The standard InChI is InChI=1S/C17H20O2/c1-16(17(2)18-12-13-19-17)10-8-15(9-11-16)14-6-4-3-5-7-14/h3-10H,11-13H2,1-2H3. The van der Waals surface area contributed by atoms with Crippen molar-refractivity contribution in [3.63, 3.8) is 0 Å². The van der Waals surface area contributed by atoms with Crippen LogP contribution in [-0.4, -0.2) is 19.0 Å². The van der Waals surface area contributed by atoms with Gasteiger partial charge in [-0.2, -0.15) is 0 Å². The molecule has 1 unspecified atom stereocenters. The molecule has 1 heterocycles. The van der Waals surface area contributed by atoms with Gasteiger partial charge in [0.15, 0.2) is 5.79 Å². The summed E-state index contributed by atoms with van der Waals surface area (Å²) in [6.07, 6.45) is 7.64. The van der Waals surface area contributed by atoms with Gasteiger partial charge in [0.2, 0.25) is 0 Å². The van der Waals surface area contributed by atoms with Crippen molar-refractivity contribution < 1.29 is 9.47 Å². The molecule has 1 atom stereocenters. The molecule has 0 amide bonds. The molecule has 0 radical (unpaired) electrons. The van der Waals surface area contributed by atoms with Crippen molar-refractivity contribution in [1.29, 1.82) is 0 Å². The first-order chi connectivity index (χ1) is 9.13. The Labute approximate surface area is 114 Å². The lowest BCUT2D eigenvalue weighted by Crippen LogP contribution is -2.44. The van der Waals surface area contributed by atoms with E-state index in [1.807, 2.05) is 13.0 Å². The first-order valence-corrected chi connectivity index (χ1v) is 6.86. The predicted octanol–water partition coefficient (Wildman–Crippen LogP) is 3.80. The van der Waals surface area contributed by atoms with Gasteiger partial charge in [0, 0.05) is 5.41 Å². The first kappa shape index (κ1) is 12.6. The molecule has 1 fully saturated rings. The van der Waals surface area contributed by atoms with Crippen LogP contribution in [0.1, 0.15) is 25.8 Å². The van der Waals surface area contributed by atoms with Gasteiger partial charge in [-0.25, -0.2) is 0 Å². The monoisotopic (exact) mass is 256 g/mol. The molecule has 0 aromatic heterocycles. The van der Waals surface area contributed by atoms with E-state index < -0.39 is 5.79 Å². The van der Waals surface area contributed by atoms with E-state index in [2.05, 4.69) is 49.4 Å². The van der Waals surface area contributed by atoms with Crippen LogP contribution in [-0.2, 0) is 9.47 Å². The summed E-state index contributed by atoms with van der Waals surface area (Å²) >= 11 is 0. The highest BCUT2D eigenvalue weighted by Crippen LogP contribution is 2.45. The van der Waals surface area contributed by atoms with Crippen molar-refractivity contribution in [3.05, 3.63) is 54.1 Å². The van der Waals surface area contributed by atoms with E-state index in [9.17, 15) is 0 Å². The van der Waals surface area contributed by atoms with Crippen molar-refractivity contribution in [2.45, 2.75) is 26.1 Å². The van der Waals surface area contributed by atoms with Crippen molar-refractivity contribution in [3.8, 4) is 0 Å². The predicted molar refractivity (Wildman–Crippen MR) is 76.6 cm³/mol. The summed E-state index contributed by atoms with van der Waals surface area (Å²) in [7, 11) is 0. The van der Waals surface area contributed by atoms with Crippen LogP contribution in [0.3, 0.4) is 0 Å². The molecule has 0 spiro atoms. The highest BCUT2D eigenvalue weighted by molar-refractivity contribution is 5.75. The average molecular weight is 256 g/mol. The normalized spacial score (nSPS) is 29.3. The summed E-state index contributed by atoms with van der Waals surface area (Å²) in [4.78, 5) is 0. The molecule has 1 aromatic carbocycles. The molecule has 1 saturated heterocycles. The summed E-state index contributed by atoms with van der Waals surface area (Å²) in [6.45, 7) is 5.63. The van der Waals surface area contributed by atoms with Gasteiger partial charge in [-0.3, -0.25) is 0 Å². The molecule has 1 aliphatic heterocycles. The second-order valence-electron chi connectivity index (χ2n) is 5.62. The molecule has 2 nitrogen and oxygen atoms in total. The highest BCUT2D eigenvalue weighted by atomic mass is 16.7. The Morgan fingerprint density at radius 1 is 1.00 bits per heavy atom. The van der Waals surface area contributed by atoms with E-state index in [4.69, 9.17) is 9.47 Å². The Hall–Kier alpha value is -1.38. The van der Waals surface area contributed by atoms with Gasteiger partial charge in [0.05, 0.1) is 13.2 Å². The topological polar surface area (TPSA) is 18.5 Å². The second kappa shape index (κ2) is 4.62. The first-order valence-electron chi connectivity index (χ1n) is 6.86. The van der Waals surface area contributed by atoms with Crippen LogP contribution in [0.25, 0.3) is 5.57 Å². The minimum atomic E-state index is -0.498. The Kier molecular flexibility index (Phi) is 3.08. The van der Waals surface area contributed by atoms with Gasteiger partial charge >= 0.3 is 0 Å². The molecule has 2 heteroatoms. The summed E-state index contributed by atoms with van der Waals surface area (Å²) in [6, 6.07) is 10.5.